The van der Waals surface area contributed by atoms with E-state index in [0.717, 1.165) is 23.5 Å². The minimum atomic E-state index is -0.408. The first kappa shape index (κ1) is 14.2. The predicted molar refractivity (Wildman–Crippen MR) is 74.7 cm³/mol. The van der Waals surface area contributed by atoms with Crippen molar-refractivity contribution in [3.05, 3.63) is 23.8 Å². The molecule has 4 nitrogen and oxygen atoms in total. The van der Waals surface area contributed by atoms with Crippen molar-refractivity contribution in [2.45, 2.75) is 38.8 Å². The molecule has 1 unspecified atom stereocenters. The molecule has 2 rings (SSSR count). The van der Waals surface area contributed by atoms with Crippen LogP contribution in [0.1, 0.15) is 38.8 Å². The molecule has 0 aliphatic carbocycles. The second-order valence-corrected chi connectivity index (χ2v) is 5.27. The van der Waals surface area contributed by atoms with Crippen molar-refractivity contribution < 1.29 is 14.2 Å². The minimum absolute atomic E-state index is 0.204. The van der Waals surface area contributed by atoms with Crippen molar-refractivity contribution in [2.24, 2.45) is 5.73 Å². The summed E-state index contributed by atoms with van der Waals surface area (Å²) in [6.45, 7) is 8.01. The molecule has 0 aromatic heterocycles. The second kappa shape index (κ2) is 5.80. The molecule has 1 atom stereocenters. The molecule has 0 saturated carbocycles. The zero-order valence-corrected chi connectivity index (χ0v) is 11.9. The highest BCUT2D eigenvalue weighted by molar-refractivity contribution is 5.44. The van der Waals surface area contributed by atoms with Crippen molar-refractivity contribution in [3.8, 4) is 11.5 Å². The molecule has 2 N–H and O–H groups in total. The first-order valence-corrected chi connectivity index (χ1v) is 6.83. The van der Waals surface area contributed by atoms with E-state index < -0.39 is 5.60 Å². The zero-order chi connectivity index (χ0) is 13.9. The standard InChI is InChI=1S/C15H23NO3/c1-4-19-15(2,3)14(16)11-6-7-12-13(10-11)18-9-5-8-17-12/h6-7,10,14H,4-5,8-9,16H2,1-3H3. The largest absolute Gasteiger partial charge is 0.490 e. The molecule has 1 aliphatic heterocycles. The number of ether oxygens (including phenoxy) is 3. The van der Waals surface area contributed by atoms with Crippen molar-refractivity contribution in [3.63, 3.8) is 0 Å². The van der Waals surface area contributed by atoms with Gasteiger partial charge in [-0.15, -0.1) is 0 Å². The van der Waals surface area contributed by atoms with Gasteiger partial charge in [0.15, 0.2) is 11.5 Å². The van der Waals surface area contributed by atoms with Crippen LogP contribution < -0.4 is 15.2 Å². The Hall–Kier alpha value is -1.26. The first-order chi connectivity index (χ1) is 9.04. The average molecular weight is 265 g/mol. The smallest absolute Gasteiger partial charge is 0.161 e. The summed E-state index contributed by atoms with van der Waals surface area (Å²) in [6.07, 6.45) is 0.903. The Labute approximate surface area is 114 Å². The lowest BCUT2D eigenvalue weighted by Crippen LogP contribution is -2.38. The normalized spacial score (nSPS) is 16.8. The lowest BCUT2D eigenvalue weighted by Gasteiger charge is -2.32. The molecule has 1 heterocycles. The molecule has 1 aliphatic rings. The summed E-state index contributed by atoms with van der Waals surface area (Å²) in [5, 5.41) is 0. The molecule has 0 fully saturated rings. The number of benzene rings is 1. The van der Waals surface area contributed by atoms with E-state index in [9.17, 15) is 0 Å². The molecule has 0 radical (unpaired) electrons. The quantitative estimate of drug-likeness (QED) is 0.909. The molecule has 0 spiro atoms. The number of hydrogen-bond acceptors (Lipinski definition) is 4. The van der Waals surface area contributed by atoms with Gasteiger partial charge in [-0.05, 0) is 38.5 Å². The summed E-state index contributed by atoms with van der Waals surface area (Å²) in [4.78, 5) is 0. The van der Waals surface area contributed by atoms with E-state index >= 15 is 0 Å². The van der Waals surface area contributed by atoms with Gasteiger partial charge in [-0.25, -0.2) is 0 Å². The van der Waals surface area contributed by atoms with Gasteiger partial charge in [0, 0.05) is 13.0 Å². The molecule has 4 heteroatoms. The first-order valence-electron chi connectivity index (χ1n) is 6.83. The Morgan fingerprint density at radius 3 is 2.63 bits per heavy atom. The summed E-state index contributed by atoms with van der Waals surface area (Å²) >= 11 is 0. The Bertz CT molecular complexity index is 431. The lowest BCUT2D eigenvalue weighted by atomic mass is 9.92. The molecule has 0 saturated heterocycles. The van der Waals surface area contributed by atoms with Gasteiger partial charge in [-0.3, -0.25) is 0 Å². The molecule has 106 valence electrons. The number of hydrogen-bond donors (Lipinski definition) is 1. The SMILES string of the molecule is CCOC(C)(C)C(N)c1ccc2c(c1)OCCCO2. The number of nitrogens with two attached hydrogens (primary N) is 1. The molecule has 0 bridgehead atoms. The zero-order valence-electron chi connectivity index (χ0n) is 11.9. The van der Waals surface area contributed by atoms with Gasteiger partial charge in [-0.2, -0.15) is 0 Å². The topological polar surface area (TPSA) is 53.7 Å². The predicted octanol–water partition coefficient (Wildman–Crippen LogP) is 2.66. The molecule has 1 aromatic carbocycles. The maximum Gasteiger partial charge on any atom is 0.161 e. The molecule has 0 amide bonds. The lowest BCUT2D eigenvalue weighted by molar-refractivity contribution is -0.0298. The molecule has 1 aromatic rings. The summed E-state index contributed by atoms with van der Waals surface area (Å²) in [5.41, 5.74) is 6.90. The van der Waals surface area contributed by atoms with Crippen molar-refractivity contribution >= 4 is 0 Å². The molecular weight excluding hydrogens is 242 g/mol. The van der Waals surface area contributed by atoms with Crippen LogP contribution in [0, 0.1) is 0 Å². The van der Waals surface area contributed by atoms with Crippen LogP contribution in [0.4, 0.5) is 0 Å². The summed E-state index contributed by atoms with van der Waals surface area (Å²) < 4.78 is 17.0. The van der Waals surface area contributed by atoms with Crippen molar-refractivity contribution in [2.75, 3.05) is 19.8 Å². The van der Waals surface area contributed by atoms with E-state index in [1.54, 1.807) is 0 Å². The minimum Gasteiger partial charge on any atom is -0.490 e. The number of rotatable bonds is 4. The van der Waals surface area contributed by atoms with Gasteiger partial charge in [0.05, 0.1) is 24.9 Å². The van der Waals surface area contributed by atoms with Crippen LogP contribution in [0.15, 0.2) is 18.2 Å². The monoisotopic (exact) mass is 265 g/mol. The van der Waals surface area contributed by atoms with Gasteiger partial charge >= 0.3 is 0 Å². The summed E-state index contributed by atoms with van der Waals surface area (Å²) in [6, 6.07) is 5.67. The second-order valence-electron chi connectivity index (χ2n) is 5.27. The Balaban J connectivity index is 2.23. The fourth-order valence-corrected chi connectivity index (χ4v) is 2.24. The fourth-order valence-electron chi connectivity index (χ4n) is 2.24. The maximum atomic E-state index is 6.31. The van der Waals surface area contributed by atoms with Crippen molar-refractivity contribution in [1.29, 1.82) is 0 Å². The van der Waals surface area contributed by atoms with E-state index in [1.165, 1.54) is 0 Å². The Morgan fingerprint density at radius 2 is 1.95 bits per heavy atom. The van der Waals surface area contributed by atoms with Crippen LogP contribution in [0.3, 0.4) is 0 Å². The van der Waals surface area contributed by atoms with E-state index in [4.69, 9.17) is 19.9 Å². The third-order valence-corrected chi connectivity index (χ3v) is 3.40. The van der Waals surface area contributed by atoms with Crippen LogP contribution in [-0.4, -0.2) is 25.4 Å². The summed E-state index contributed by atoms with van der Waals surface area (Å²) in [5.74, 6) is 1.57. The van der Waals surface area contributed by atoms with Gasteiger partial charge in [0.25, 0.3) is 0 Å². The van der Waals surface area contributed by atoms with Gasteiger partial charge in [0.1, 0.15) is 0 Å². The molecule has 19 heavy (non-hydrogen) atoms. The van der Waals surface area contributed by atoms with E-state index in [2.05, 4.69) is 0 Å². The van der Waals surface area contributed by atoms with E-state index in [-0.39, 0.29) is 6.04 Å². The van der Waals surface area contributed by atoms with Crippen LogP contribution in [0.2, 0.25) is 0 Å². The summed E-state index contributed by atoms with van der Waals surface area (Å²) in [7, 11) is 0. The van der Waals surface area contributed by atoms with Crippen LogP contribution in [0.5, 0.6) is 11.5 Å². The van der Waals surface area contributed by atoms with Gasteiger partial charge < -0.3 is 19.9 Å². The van der Waals surface area contributed by atoms with Crippen molar-refractivity contribution in [1.82, 2.24) is 0 Å². The highest BCUT2D eigenvalue weighted by atomic mass is 16.5. The fraction of sp³-hybridized carbons (Fsp3) is 0.600. The average Bonchev–Trinajstić information content (AvgIpc) is 2.61. The maximum absolute atomic E-state index is 6.31. The van der Waals surface area contributed by atoms with Crippen LogP contribution >= 0.6 is 0 Å². The van der Waals surface area contributed by atoms with Gasteiger partial charge in [-0.1, -0.05) is 6.07 Å². The highest BCUT2D eigenvalue weighted by Gasteiger charge is 2.29. The van der Waals surface area contributed by atoms with E-state index in [0.29, 0.717) is 19.8 Å². The highest BCUT2D eigenvalue weighted by Crippen LogP contribution is 2.35. The third-order valence-electron chi connectivity index (χ3n) is 3.40. The molecular formula is C15H23NO3. The number of fused-ring (bicyclic) bond motifs is 1. The third kappa shape index (κ3) is 3.19. The Kier molecular flexibility index (Phi) is 4.32. The Morgan fingerprint density at radius 1 is 1.26 bits per heavy atom. The van der Waals surface area contributed by atoms with Crippen LogP contribution in [-0.2, 0) is 4.74 Å². The van der Waals surface area contributed by atoms with E-state index in [1.807, 2.05) is 39.0 Å². The van der Waals surface area contributed by atoms with Gasteiger partial charge in [0.2, 0.25) is 0 Å². The van der Waals surface area contributed by atoms with Crippen LogP contribution in [0.25, 0.3) is 0 Å².